The minimum Gasteiger partial charge on any atom is -0.384 e. The Morgan fingerprint density at radius 3 is 2.81 bits per heavy atom. The molecule has 0 aliphatic carbocycles. The second-order valence-corrected chi connectivity index (χ2v) is 3.60. The van der Waals surface area contributed by atoms with E-state index in [4.69, 9.17) is 5.73 Å². The van der Waals surface area contributed by atoms with Crippen molar-refractivity contribution in [1.29, 1.82) is 0 Å². The number of hydrogen-bond acceptors (Lipinski definition) is 4. The second-order valence-electron chi connectivity index (χ2n) is 3.60. The zero-order valence-electron chi connectivity index (χ0n) is 9.14. The lowest BCUT2D eigenvalue weighted by molar-refractivity contribution is 1.01. The van der Waals surface area contributed by atoms with Gasteiger partial charge in [-0.05, 0) is 31.2 Å². The molecule has 2 heterocycles. The molecule has 0 amide bonds. The Bertz CT molecular complexity index is 465. The Balaban J connectivity index is 1.99. The highest BCUT2D eigenvalue weighted by molar-refractivity contribution is 5.45. The number of hydrogen-bond donors (Lipinski definition) is 2. The van der Waals surface area contributed by atoms with Crippen molar-refractivity contribution in [1.82, 2.24) is 9.97 Å². The zero-order chi connectivity index (χ0) is 11.4. The number of anilines is 2. The largest absolute Gasteiger partial charge is 0.384 e. The molecule has 16 heavy (non-hydrogen) atoms. The van der Waals surface area contributed by atoms with E-state index in [1.165, 1.54) is 0 Å². The fourth-order valence-electron chi connectivity index (χ4n) is 1.40. The van der Waals surface area contributed by atoms with Gasteiger partial charge in [0.2, 0.25) is 0 Å². The molecule has 0 fully saturated rings. The molecular formula is C12H14N4. The number of rotatable bonds is 3. The fraction of sp³-hybridized carbons (Fsp3) is 0.167. The molecule has 0 atom stereocenters. The molecule has 4 nitrogen and oxygen atoms in total. The van der Waals surface area contributed by atoms with Gasteiger partial charge in [-0.2, -0.15) is 0 Å². The molecule has 0 saturated carbocycles. The van der Waals surface area contributed by atoms with Gasteiger partial charge in [0, 0.05) is 5.69 Å². The van der Waals surface area contributed by atoms with Gasteiger partial charge in [-0.1, -0.05) is 6.07 Å². The van der Waals surface area contributed by atoms with Crippen molar-refractivity contribution in [2.24, 2.45) is 0 Å². The van der Waals surface area contributed by atoms with Crippen molar-refractivity contribution in [3.63, 3.8) is 0 Å². The van der Waals surface area contributed by atoms with Gasteiger partial charge in [0.05, 0.1) is 24.1 Å². The third-order valence-corrected chi connectivity index (χ3v) is 2.21. The van der Waals surface area contributed by atoms with Gasteiger partial charge in [0.15, 0.2) is 0 Å². The van der Waals surface area contributed by atoms with Crippen molar-refractivity contribution < 1.29 is 0 Å². The highest BCUT2D eigenvalue weighted by Gasteiger charge is 1.96. The minimum atomic E-state index is 0.527. The van der Waals surface area contributed by atoms with Crippen molar-refractivity contribution >= 4 is 11.5 Å². The quantitative estimate of drug-likeness (QED) is 0.820. The molecule has 0 unspecified atom stereocenters. The van der Waals surface area contributed by atoms with Gasteiger partial charge >= 0.3 is 0 Å². The lowest BCUT2D eigenvalue weighted by atomic mass is 10.3. The van der Waals surface area contributed by atoms with Crippen LogP contribution < -0.4 is 11.1 Å². The standard InChI is InChI=1S/C12H14N4/c1-9-3-2-4-11(16-9)8-14-10-5-6-12(13)15-7-10/h2-7,14H,8H2,1H3,(H2,13,15). The first-order valence-electron chi connectivity index (χ1n) is 5.12. The molecule has 2 aromatic heterocycles. The van der Waals surface area contributed by atoms with E-state index >= 15 is 0 Å². The predicted octanol–water partition coefficient (Wildman–Crippen LogP) is 1.98. The lowest BCUT2D eigenvalue weighted by Gasteiger charge is -2.06. The minimum absolute atomic E-state index is 0.527. The average Bonchev–Trinajstić information content (AvgIpc) is 2.28. The summed E-state index contributed by atoms with van der Waals surface area (Å²) in [5.41, 5.74) is 8.48. The Hall–Kier alpha value is -2.10. The van der Waals surface area contributed by atoms with E-state index in [1.807, 2.05) is 31.2 Å². The van der Waals surface area contributed by atoms with Crippen LogP contribution >= 0.6 is 0 Å². The van der Waals surface area contributed by atoms with Crippen LogP contribution in [0.25, 0.3) is 0 Å². The molecule has 0 radical (unpaired) electrons. The van der Waals surface area contributed by atoms with Gasteiger partial charge < -0.3 is 11.1 Å². The van der Waals surface area contributed by atoms with E-state index in [2.05, 4.69) is 15.3 Å². The van der Waals surface area contributed by atoms with Crippen LogP contribution in [-0.2, 0) is 6.54 Å². The van der Waals surface area contributed by atoms with Crippen molar-refractivity contribution in [2.75, 3.05) is 11.1 Å². The molecule has 82 valence electrons. The topological polar surface area (TPSA) is 63.8 Å². The maximum absolute atomic E-state index is 5.50. The molecule has 2 aromatic rings. The molecule has 0 spiro atoms. The average molecular weight is 214 g/mol. The van der Waals surface area contributed by atoms with Crippen LogP contribution in [0, 0.1) is 6.92 Å². The first-order valence-corrected chi connectivity index (χ1v) is 5.12. The SMILES string of the molecule is Cc1cccc(CNc2ccc(N)nc2)n1. The number of nitrogens with one attached hydrogen (secondary N) is 1. The summed E-state index contributed by atoms with van der Waals surface area (Å²) >= 11 is 0. The fourth-order valence-corrected chi connectivity index (χ4v) is 1.40. The lowest BCUT2D eigenvalue weighted by Crippen LogP contribution is -2.02. The van der Waals surface area contributed by atoms with E-state index in [0.29, 0.717) is 12.4 Å². The molecule has 3 N–H and O–H groups in total. The van der Waals surface area contributed by atoms with Gasteiger partial charge in [-0.15, -0.1) is 0 Å². The zero-order valence-corrected chi connectivity index (χ0v) is 9.14. The highest BCUT2D eigenvalue weighted by atomic mass is 14.9. The smallest absolute Gasteiger partial charge is 0.123 e. The third kappa shape index (κ3) is 2.70. The van der Waals surface area contributed by atoms with Gasteiger partial charge in [0.1, 0.15) is 5.82 Å². The van der Waals surface area contributed by atoms with Crippen molar-refractivity contribution in [2.45, 2.75) is 13.5 Å². The highest BCUT2D eigenvalue weighted by Crippen LogP contribution is 2.08. The van der Waals surface area contributed by atoms with Gasteiger partial charge in [0.25, 0.3) is 0 Å². The molecule has 2 rings (SSSR count). The van der Waals surface area contributed by atoms with E-state index in [1.54, 1.807) is 12.3 Å². The number of aryl methyl sites for hydroxylation is 1. The summed E-state index contributed by atoms with van der Waals surface area (Å²) in [7, 11) is 0. The summed E-state index contributed by atoms with van der Waals surface area (Å²) in [6.45, 7) is 2.67. The number of pyridine rings is 2. The maximum Gasteiger partial charge on any atom is 0.123 e. The molecular weight excluding hydrogens is 200 g/mol. The van der Waals surface area contributed by atoms with Crippen LogP contribution in [0.5, 0.6) is 0 Å². The van der Waals surface area contributed by atoms with Crippen LogP contribution in [0.15, 0.2) is 36.5 Å². The van der Waals surface area contributed by atoms with E-state index in [-0.39, 0.29) is 0 Å². The van der Waals surface area contributed by atoms with Crippen molar-refractivity contribution in [3.05, 3.63) is 47.9 Å². The van der Waals surface area contributed by atoms with E-state index in [0.717, 1.165) is 17.1 Å². The molecule has 0 saturated heterocycles. The monoisotopic (exact) mass is 214 g/mol. The Morgan fingerprint density at radius 1 is 1.25 bits per heavy atom. The molecule has 4 heteroatoms. The summed E-state index contributed by atoms with van der Waals surface area (Å²) in [5, 5.41) is 3.23. The Morgan fingerprint density at radius 2 is 2.12 bits per heavy atom. The van der Waals surface area contributed by atoms with Crippen LogP contribution in [0.3, 0.4) is 0 Å². The summed E-state index contributed by atoms with van der Waals surface area (Å²) in [4.78, 5) is 8.40. The second kappa shape index (κ2) is 4.61. The predicted molar refractivity (Wildman–Crippen MR) is 65.0 cm³/mol. The van der Waals surface area contributed by atoms with Crippen LogP contribution in [-0.4, -0.2) is 9.97 Å². The summed E-state index contributed by atoms with van der Waals surface area (Å²) in [5.74, 6) is 0.527. The van der Waals surface area contributed by atoms with Crippen molar-refractivity contribution in [3.8, 4) is 0 Å². The molecule has 0 aliphatic heterocycles. The molecule has 0 aromatic carbocycles. The summed E-state index contributed by atoms with van der Waals surface area (Å²) in [6, 6.07) is 9.64. The summed E-state index contributed by atoms with van der Waals surface area (Å²) < 4.78 is 0. The Kier molecular flexibility index (Phi) is 3.00. The van der Waals surface area contributed by atoms with Crippen LogP contribution in [0.2, 0.25) is 0 Å². The normalized spacial score (nSPS) is 10.1. The molecule has 0 bridgehead atoms. The number of nitrogens with two attached hydrogens (primary N) is 1. The van der Waals surface area contributed by atoms with Crippen LogP contribution in [0.1, 0.15) is 11.4 Å². The van der Waals surface area contributed by atoms with E-state index < -0.39 is 0 Å². The molecule has 0 aliphatic rings. The Labute approximate surface area is 94.5 Å². The maximum atomic E-state index is 5.50. The third-order valence-electron chi connectivity index (χ3n) is 2.21. The summed E-state index contributed by atoms with van der Waals surface area (Å²) in [6.07, 6.45) is 1.71. The van der Waals surface area contributed by atoms with E-state index in [9.17, 15) is 0 Å². The van der Waals surface area contributed by atoms with Gasteiger partial charge in [-0.25, -0.2) is 4.98 Å². The number of aromatic nitrogens is 2. The van der Waals surface area contributed by atoms with Crippen LogP contribution in [0.4, 0.5) is 11.5 Å². The first-order chi connectivity index (χ1) is 7.74. The number of nitrogen functional groups attached to an aromatic ring is 1. The number of nitrogens with zero attached hydrogens (tertiary/aromatic N) is 2. The van der Waals surface area contributed by atoms with Gasteiger partial charge in [-0.3, -0.25) is 4.98 Å². The first kappa shape index (κ1) is 10.4.